The lowest BCUT2D eigenvalue weighted by molar-refractivity contribution is -0.0504. The minimum Gasteiger partial charge on any atom is -0.434 e. The van der Waals surface area contributed by atoms with Crippen LogP contribution in [0.2, 0.25) is 0 Å². The zero-order valence-corrected chi connectivity index (χ0v) is 18.4. The number of halogens is 2. The van der Waals surface area contributed by atoms with Crippen molar-refractivity contribution < 1.29 is 18.3 Å². The number of carbonyl (C=O) groups excluding carboxylic acids is 1. The van der Waals surface area contributed by atoms with Crippen LogP contribution in [0.15, 0.2) is 47.5 Å². The summed E-state index contributed by atoms with van der Waals surface area (Å²) in [7, 11) is 3.45. The lowest BCUT2D eigenvalue weighted by Crippen LogP contribution is -2.38. The van der Waals surface area contributed by atoms with Crippen molar-refractivity contribution >= 4 is 11.9 Å². The van der Waals surface area contributed by atoms with Gasteiger partial charge in [-0.05, 0) is 44.0 Å². The van der Waals surface area contributed by atoms with Crippen LogP contribution in [-0.4, -0.2) is 50.6 Å². The molecule has 0 radical (unpaired) electrons. The second kappa shape index (κ2) is 11.9. The number of rotatable bonds is 9. The third-order valence-corrected chi connectivity index (χ3v) is 4.47. The molecule has 2 aromatic carbocycles. The molecule has 2 rings (SSSR count). The molecule has 2 N–H and O–H groups in total. The molecule has 0 unspecified atom stereocenters. The largest absolute Gasteiger partial charge is 0.434 e. The Morgan fingerprint density at radius 1 is 1.16 bits per heavy atom. The molecule has 0 spiro atoms. The van der Waals surface area contributed by atoms with Gasteiger partial charge < -0.3 is 20.3 Å². The summed E-state index contributed by atoms with van der Waals surface area (Å²) in [4.78, 5) is 18.2. The summed E-state index contributed by atoms with van der Waals surface area (Å²) >= 11 is 0. The molecule has 0 aromatic heterocycles. The van der Waals surface area contributed by atoms with E-state index in [-0.39, 0.29) is 18.2 Å². The van der Waals surface area contributed by atoms with Crippen LogP contribution in [0, 0.1) is 6.92 Å². The van der Waals surface area contributed by atoms with Gasteiger partial charge >= 0.3 is 6.61 Å². The van der Waals surface area contributed by atoms with Crippen molar-refractivity contribution in [3.8, 4) is 5.75 Å². The molecular formula is C23H30F2N4O2. The van der Waals surface area contributed by atoms with Crippen molar-refractivity contribution in [3.05, 3.63) is 64.7 Å². The highest BCUT2D eigenvalue weighted by atomic mass is 19.3. The SMILES string of the molecule is CCNC(=NCc1cc(C)ccc1OC(F)F)NCCc1cccc(C(=O)N(C)C)c1. The van der Waals surface area contributed by atoms with Crippen LogP contribution < -0.4 is 15.4 Å². The number of carbonyl (C=O) groups is 1. The molecule has 6 nitrogen and oxygen atoms in total. The van der Waals surface area contributed by atoms with Crippen LogP contribution in [0.1, 0.15) is 34.0 Å². The standard InChI is InChI=1S/C23H30F2N4O2/c1-5-26-23(28-15-19-13-16(2)9-10-20(19)31-22(24)25)27-12-11-17-7-6-8-18(14-17)21(30)29(3)4/h6-10,13-14,22H,5,11-12,15H2,1-4H3,(H2,26,27,28). The Kier molecular flexibility index (Phi) is 9.24. The molecule has 168 valence electrons. The number of aliphatic imine (C=N–C) groups is 1. The van der Waals surface area contributed by atoms with Gasteiger partial charge in [0.15, 0.2) is 5.96 Å². The fourth-order valence-corrected chi connectivity index (χ4v) is 2.99. The highest BCUT2D eigenvalue weighted by molar-refractivity contribution is 5.94. The Balaban J connectivity index is 2.02. The molecule has 0 saturated heterocycles. The highest BCUT2D eigenvalue weighted by Gasteiger charge is 2.11. The summed E-state index contributed by atoms with van der Waals surface area (Å²) < 4.78 is 29.9. The van der Waals surface area contributed by atoms with Crippen LogP contribution >= 0.6 is 0 Å². The molecular weight excluding hydrogens is 402 g/mol. The van der Waals surface area contributed by atoms with E-state index < -0.39 is 6.61 Å². The van der Waals surface area contributed by atoms with E-state index in [1.54, 1.807) is 37.2 Å². The second-order valence-electron chi connectivity index (χ2n) is 7.26. The molecule has 1 amide bonds. The number of guanidine groups is 1. The minimum atomic E-state index is -2.88. The van der Waals surface area contributed by atoms with E-state index in [2.05, 4.69) is 20.4 Å². The molecule has 31 heavy (non-hydrogen) atoms. The number of alkyl halides is 2. The maximum absolute atomic E-state index is 12.7. The molecule has 8 heteroatoms. The lowest BCUT2D eigenvalue weighted by Gasteiger charge is -2.14. The monoisotopic (exact) mass is 432 g/mol. The average molecular weight is 433 g/mol. The summed E-state index contributed by atoms with van der Waals surface area (Å²) in [6, 6.07) is 12.6. The number of benzene rings is 2. The number of ether oxygens (including phenoxy) is 1. The Morgan fingerprint density at radius 2 is 1.94 bits per heavy atom. The molecule has 0 fully saturated rings. The molecule has 2 aromatic rings. The Labute approximate surface area is 182 Å². The van der Waals surface area contributed by atoms with E-state index in [0.29, 0.717) is 36.6 Å². The predicted molar refractivity (Wildman–Crippen MR) is 119 cm³/mol. The molecule has 0 saturated carbocycles. The number of nitrogens with one attached hydrogen (secondary N) is 2. The molecule has 0 bridgehead atoms. The topological polar surface area (TPSA) is 66.0 Å². The fourth-order valence-electron chi connectivity index (χ4n) is 2.99. The average Bonchev–Trinajstić information content (AvgIpc) is 2.73. The first-order valence-electron chi connectivity index (χ1n) is 10.2. The molecule has 0 aliphatic carbocycles. The van der Waals surface area contributed by atoms with E-state index in [9.17, 15) is 13.6 Å². The zero-order valence-electron chi connectivity index (χ0n) is 18.4. The van der Waals surface area contributed by atoms with E-state index in [1.165, 1.54) is 6.07 Å². The number of hydrogen-bond donors (Lipinski definition) is 2. The Morgan fingerprint density at radius 3 is 2.61 bits per heavy atom. The zero-order chi connectivity index (χ0) is 22.8. The number of hydrogen-bond acceptors (Lipinski definition) is 3. The van der Waals surface area contributed by atoms with Gasteiger partial charge in [-0.25, -0.2) is 4.99 Å². The first kappa shape index (κ1) is 24.1. The summed E-state index contributed by atoms with van der Waals surface area (Å²) in [5, 5.41) is 6.39. The Bertz CT molecular complexity index is 901. The van der Waals surface area contributed by atoms with E-state index in [1.807, 2.05) is 32.0 Å². The molecule has 0 aliphatic rings. The van der Waals surface area contributed by atoms with Crippen molar-refractivity contribution in [2.45, 2.75) is 33.4 Å². The van der Waals surface area contributed by atoms with Crippen LogP contribution in [-0.2, 0) is 13.0 Å². The van der Waals surface area contributed by atoms with Gasteiger partial charge in [0.1, 0.15) is 5.75 Å². The number of nitrogens with zero attached hydrogens (tertiary/aromatic N) is 2. The summed E-state index contributed by atoms with van der Waals surface area (Å²) in [5.41, 5.74) is 3.21. The number of aryl methyl sites for hydroxylation is 1. The van der Waals surface area contributed by atoms with Gasteiger partial charge in [-0.2, -0.15) is 8.78 Å². The van der Waals surface area contributed by atoms with Crippen molar-refractivity contribution in [2.24, 2.45) is 4.99 Å². The summed E-state index contributed by atoms with van der Waals surface area (Å²) in [6.07, 6.45) is 0.698. The predicted octanol–water partition coefficient (Wildman–Crippen LogP) is 3.60. The summed E-state index contributed by atoms with van der Waals surface area (Å²) in [5.74, 6) is 0.666. The first-order valence-corrected chi connectivity index (χ1v) is 10.2. The molecule has 0 atom stereocenters. The van der Waals surface area contributed by atoms with Crippen LogP contribution in [0.25, 0.3) is 0 Å². The number of amides is 1. The smallest absolute Gasteiger partial charge is 0.387 e. The van der Waals surface area contributed by atoms with Crippen LogP contribution in [0.3, 0.4) is 0 Å². The van der Waals surface area contributed by atoms with E-state index >= 15 is 0 Å². The fraction of sp³-hybridized carbons (Fsp3) is 0.391. The van der Waals surface area contributed by atoms with Crippen LogP contribution in [0.5, 0.6) is 5.75 Å². The molecule has 0 heterocycles. The quantitative estimate of drug-likeness (QED) is 0.470. The lowest BCUT2D eigenvalue weighted by atomic mass is 10.1. The van der Waals surface area contributed by atoms with E-state index in [4.69, 9.17) is 0 Å². The van der Waals surface area contributed by atoms with Gasteiger partial charge in [-0.3, -0.25) is 4.79 Å². The highest BCUT2D eigenvalue weighted by Crippen LogP contribution is 2.22. The summed E-state index contributed by atoms with van der Waals surface area (Å²) in [6.45, 7) is 2.41. The Hall–Kier alpha value is -3.16. The first-order chi connectivity index (χ1) is 14.8. The van der Waals surface area contributed by atoms with Gasteiger partial charge in [-0.1, -0.05) is 29.8 Å². The van der Waals surface area contributed by atoms with Crippen LogP contribution in [0.4, 0.5) is 8.78 Å². The van der Waals surface area contributed by atoms with Gasteiger partial charge in [0, 0.05) is 38.3 Å². The van der Waals surface area contributed by atoms with Crippen molar-refractivity contribution in [1.29, 1.82) is 0 Å². The second-order valence-corrected chi connectivity index (χ2v) is 7.26. The van der Waals surface area contributed by atoms with E-state index in [0.717, 1.165) is 11.1 Å². The van der Waals surface area contributed by atoms with Crippen molar-refractivity contribution in [3.63, 3.8) is 0 Å². The van der Waals surface area contributed by atoms with Crippen molar-refractivity contribution in [1.82, 2.24) is 15.5 Å². The maximum Gasteiger partial charge on any atom is 0.387 e. The van der Waals surface area contributed by atoms with Gasteiger partial charge in [-0.15, -0.1) is 0 Å². The third kappa shape index (κ3) is 7.88. The van der Waals surface area contributed by atoms with Gasteiger partial charge in [0.25, 0.3) is 5.91 Å². The van der Waals surface area contributed by atoms with Gasteiger partial charge in [0.05, 0.1) is 6.54 Å². The van der Waals surface area contributed by atoms with Crippen molar-refractivity contribution in [2.75, 3.05) is 27.2 Å². The normalized spacial score (nSPS) is 11.4. The van der Waals surface area contributed by atoms with Gasteiger partial charge in [0.2, 0.25) is 0 Å². The third-order valence-electron chi connectivity index (χ3n) is 4.47. The maximum atomic E-state index is 12.7. The minimum absolute atomic E-state index is 0.0373. The molecule has 0 aliphatic heterocycles.